The van der Waals surface area contributed by atoms with Gasteiger partial charge in [0.2, 0.25) is 0 Å². The summed E-state index contributed by atoms with van der Waals surface area (Å²) in [4.78, 5) is 2.18. The average Bonchev–Trinajstić information content (AvgIpc) is 2.81. The van der Waals surface area contributed by atoms with Crippen LogP contribution in [0.15, 0.2) is 30.0 Å². The number of hydrogen-bond acceptors (Lipinski definition) is 4. The Morgan fingerprint density at radius 2 is 1.89 bits per heavy atom. The van der Waals surface area contributed by atoms with Gasteiger partial charge in [-0.3, -0.25) is 4.90 Å². The zero-order valence-electron chi connectivity index (χ0n) is 16.6. The molecule has 2 aliphatic heterocycles. The topological polar surface area (TPSA) is 47.7 Å². The van der Waals surface area contributed by atoms with Crippen molar-refractivity contribution >= 4 is 24.3 Å². The van der Waals surface area contributed by atoms with Gasteiger partial charge in [-0.25, -0.2) is 4.39 Å². The second-order valence-electron chi connectivity index (χ2n) is 8.53. The van der Waals surface area contributed by atoms with Gasteiger partial charge in [0.1, 0.15) is 5.73 Å². The lowest BCUT2D eigenvalue weighted by molar-refractivity contribution is 0.00578. The normalized spacial score (nSPS) is 26.2. The minimum absolute atomic E-state index is 0.117. The lowest BCUT2D eigenvalue weighted by Gasteiger charge is -2.32. The van der Waals surface area contributed by atoms with Crippen LogP contribution in [0.3, 0.4) is 0 Å². The molecular formula is C20H29BClFN2O2. The van der Waals surface area contributed by atoms with Crippen molar-refractivity contribution in [3.05, 3.63) is 40.6 Å². The molecule has 148 valence electrons. The lowest BCUT2D eigenvalue weighted by atomic mass is 9.82. The maximum absolute atomic E-state index is 15.7. The van der Waals surface area contributed by atoms with Gasteiger partial charge in [-0.1, -0.05) is 29.8 Å². The number of nitrogens with two attached hydrogens (primary N) is 1. The molecule has 1 unspecified atom stereocenters. The molecule has 2 aliphatic rings. The molecule has 0 aromatic heterocycles. The molecule has 2 saturated heterocycles. The Balaban J connectivity index is 1.96. The maximum Gasteiger partial charge on any atom is 0.525 e. The highest BCUT2D eigenvalue weighted by atomic mass is 35.5. The van der Waals surface area contributed by atoms with Crippen molar-refractivity contribution in [2.45, 2.75) is 57.8 Å². The van der Waals surface area contributed by atoms with E-state index >= 15 is 4.39 Å². The van der Waals surface area contributed by atoms with Gasteiger partial charge in [-0.2, -0.15) is 0 Å². The van der Waals surface area contributed by atoms with E-state index in [4.69, 9.17) is 26.6 Å². The zero-order chi connectivity index (χ0) is 19.8. The third-order valence-electron chi connectivity index (χ3n) is 5.87. The van der Waals surface area contributed by atoms with Crippen LogP contribution < -0.4 is 5.73 Å². The number of likely N-dealkylation sites (tertiary alicyclic amines) is 1. The molecular weight excluding hydrogens is 365 g/mol. The fourth-order valence-corrected chi connectivity index (χ4v) is 3.79. The Morgan fingerprint density at radius 3 is 2.48 bits per heavy atom. The molecule has 7 heteroatoms. The number of benzene rings is 1. The monoisotopic (exact) mass is 394 g/mol. The van der Waals surface area contributed by atoms with Gasteiger partial charge in [-0.15, -0.1) is 0 Å². The minimum atomic E-state index is -1.04. The number of hydrogen-bond donors (Lipinski definition) is 1. The number of nitrogens with zero attached hydrogens (tertiary/aromatic N) is 1. The molecule has 0 amide bonds. The molecule has 2 fully saturated rings. The standard InChI is InChI=1S/C20H29BClFN2O2/c1-19(2)20(3,4)27-21(26-19)18(23)16(15-9-5-6-10-17(15)22)13-25-11-7-8-14(24)12-25/h5-6,9-10,14H,7-8,11-13,24H2,1-4H3. The van der Waals surface area contributed by atoms with Crippen molar-refractivity contribution in [3.63, 3.8) is 0 Å². The summed E-state index contributed by atoms with van der Waals surface area (Å²) >= 11 is 6.40. The molecule has 27 heavy (non-hydrogen) atoms. The Bertz CT molecular complexity index is 710. The minimum Gasteiger partial charge on any atom is -0.398 e. The van der Waals surface area contributed by atoms with E-state index in [0.29, 0.717) is 22.7 Å². The van der Waals surface area contributed by atoms with Crippen molar-refractivity contribution < 1.29 is 13.7 Å². The van der Waals surface area contributed by atoms with E-state index in [-0.39, 0.29) is 6.04 Å². The van der Waals surface area contributed by atoms with E-state index in [9.17, 15) is 0 Å². The second-order valence-corrected chi connectivity index (χ2v) is 8.94. The smallest absolute Gasteiger partial charge is 0.398 e. The highest BCUT2D eigenvalue weighted by Gasteiger charge is 2.53. The van der Waals surface area contributed by atoms with Gasteiger partial charge in [0, 0.05) is 29.7 Å². The number of halogens is 2. The molecule has 0 spiro atoms. The predicted molar refractivity (Wildman–Crippen MR) is 109 cm³/mol. The average molecular weight is 395 g/mol. The van der Waals surface area contributed by atoms with Crippen molar-refractivity contribution in [2.24, 2.45) is 5.73 Å². The molecule has 1 aromatic rings. The van der Waals surface area contributed by atoms with E-state index in [1.165, 1.54) is 0 Å². The first-order valence-corrected chi connectivity index (χ1v) is 9.95. The van der Waals surface area contributed by atoms with E-state index in [1.54, 1.807) is 6.07 Å². The quantitative estimate of drug-likeness (QED) is 0.782. The first-order chi connectivity index (χ1) is 12.6. The van der Waals surface area contributed by atoms with Gasteiger partial charge in [0.25, 0.3) is 0 Å². The third kappa shape index (κ3) is 4.41. The van der Waals surface area contributed by atoms with Crippen molar-refractivity contribution in [1.82, 2.24) is 4.90 Å². The van der Waals surface area contributed by atoms with Gasteiger partial charge in [0.15, 0.2) is 0 Å². The van der Waals surface area contributed by atoms with E-state index in [2.05, 4.69) is 4.90 Å². The van der Waals surface area contributed by atoms with Crippen LogP contribution in [0.5, 0.6) is 0 Å². The molecule has 2 N–H and O–H groups in total. The van der Waals surface area contributed by atoms with Crippen LogP contribution in [0, 0.1) is 0 Å². The fourth-order valence-electron chi connectivity index (χ4n) is 3.54. The van der Waals surface area contributed by atoms with Crippen LogP contribution in [0.2, 0.25) is 5.02 Å². The van der Waals surface area contributed by atoms with Crippen molar-refractivity contribution in [3.8, 4) is 0 Å². The molecule has 4 nitrogen and oxygen atoms in total. The van der Waals surface area contributed by atoms with Gasteiger partial charge in [-0.05, 0) is 58.7 Å². The first-order valence-electron chi connectivity index (χ1n) is 9.58. The number of piperidine rings is 1. The molecule has 1 aromatic carbocycles. The molecule has 3 rings (SSSR count). The largest absolute Gasteiger partial charge is 0.525 e. The Kier molecular flexibility index (Phi) is 6.04. The summed E-state index contributed by atoms with van der Waals surface area (Å²) in [6.07, 6.45) is 2.01. The summed E-state index contributed by atoms with van der Waals surface area (Å²) in [5, 5.41) is 0.514. The van der Waals surface area contributed by atoms with Crippen molar-refractivity contribution in [2.75, 3.05) is 19.6 Å². The summed E-state index contributed by atoms with van der Waals surface area (Å²) in [7, 11) is -1.04. The Labute approximate surface area is 167 Å². The van der Waals surface area contributed by atoms with Crippen molar-refractivity contribution in [1.29, 1.82) is 0 Å². The number of rotatable bonds is 4. The molecule has 0 radical (unpaired) electrons. The molecule has 0 saturated carbocycles. The van der Waals surface area contributed by atoms with E-state index in [0.717, 1.165) is 25.9 Å². The SMILES string of the molecule is CC1(C)OB(C(F)=C(CN2CCCC(N)C2)c2ccccc2Cl)OC1(C)C. The molecule has 1 atom stereocenters. The lowest BCUT2D eigenvalue weighted by Crippen LogP contribution is -2.43. The first kappa shape index (κ1) is 20.8. The highest BCUT2D eigenvalue weighted by Crippen LogP contribution is 2.41. The van der Waals surface area contributed by atoms with Gasteiger partial charge < -0.3 is 15.0 Å². The molecule has 2 heterocycles. The summed E-state index contributed by atoms with van der Waals surface area (Å²) in [6.45, 7) is 9.71. The second kappa shape index (κ2) is 7.84. The summed E-state index contributed by atoms with van der Waals surface area (Å²) in [6, 6.07) is 7.43. The van der Waals surface area contributed by atoms with E-state index in [1.807, 2.05) is 45.9 Å². The summed E-state index contributed by atoms with van der Waals surface area (Å²) in [5.41, 5.74) is 5.67. The van der Waals surface area contributed by atoms with E-state index < -0.39 is 24.0 Å². The van der Waals surface area contributed by atoms with Crippen LogP contribution in [-0.2, 0) is 9.31 Å². The maximum atomic E-state index is 15.7. The molecule has 0 bridgehead atoms. The summed E-state index contributed by atoms with van der Waals surface area (Å²) < 4.78 is 27.6. The molecule has 0 aliphatic carbocycles. The Morgan fingerprint density at radius 1 is 1.26 bits per heavy atom. The highest BCUT2D eigenvalue weighted by molar-refractivity contribution is 6.55. The van der Waals surface area contributed by atoms with Crippen LogP contribution in [0.4, 0.5) is 4.39 Å². The van der Waals surface area contributed by atoms with Crippen LogP contribution in [0.25, 0.3) is 5.57 Å². The van der Waals surface area contributed by atoms with Crippen LogP contribution >= 0.6 is 11.6 Å². The third-order valence-corrected chi connectivity index (χ3v) is 6.20. The van der Waals surface area contributed by atoms with Crippen LogP contribution in [-0.4, -0.2) is 48.9 Å². The van der Waals surface area contributed by atoms with Gasteiger partial charge >= 0.3 is 7.12 Å². The predicted octanol–water partition coefficient (Wildman–Crippen LogP) is 4.08. The fraction of sp³-hybridized carbons (Fsp3) is 0.600. The van der Waals surface area contributed by atoms with Gasteiger partial charge in [0.05, 0.1) is 11.2 Å². The van der Waals surface area contributed by atoms with Crippen LogP contribution in [0.1, 0.15) is 46.1 Å². The Hall–Kier alpha value is -0.915. The zero-order valence-corrected chi connectivity index (χ0v) is 17.4. The summed E-state index contributed by atoms with van der Waals surface area (Å²) in [5.74, 6) is 0.